The van der Waals surface area contributed by atoms with Gasteiger partial charge in [0, 0.05) is 5.69 Å². The monoisotopic (exact) mass is 281 g/mol. The summed E-state index contributed by atoms with van der Waals surface area (Å²) in [5, 5.41) is 2.87. The minimum atomic E-state index is -3.02. The summed E-state index contributed by atoms with van der Waals surface area (Å²) in [6.45, 7) is 4.12. The Labute approximate surface area is 114 Å². The second kappa shape index (κ2) is 5.33. The molecule has 1 unspecified atom stereocenters. The maximum Gasteiger partial charge on any atom is 0.228 e. The van der Waals surface area contributed by atoms with Gasteiger partial charge in [0.1, 0.15) is 0 Å². The summed E-state index contributed by atoms with van der Waals surface area (Å²) in [7, 11) is -3.02. The number of carbonyl (C=O) groups excluding carboxylic acids is 1. The largest absolute Gasteiger partial charge is 0.326 e. The molecule has 1 N–H and O–H groups in total. The van der Waals surface area contributed by atoms with Gasteiger partial charge in [-0.05, 0) is 24.0 Å². The number of hydrogen-bond donors (Lipinski definition) is 1. The number of anilines is 1. The van der Waals surface area contributed by atoms with E-state index in [0.717, 1.165) is 11.3 Å². The van der Waals surface area contributed by atoms with Crippen LogP contribution in [0.2, 0.25) is 0 Å². The summed E-state index contributed by atoms with van der Waals surface area (Å²) in [6.07, 6.45) is 0.429. The van der Waals surface area contributed by atoms with Crippen molar-refractivity contribution >= 4 is 21.4 Å². The van der Waals surface area contributed by atoms with Crippen molar-refractivity contribution in [3.05, 3.63) is 29.8 Å². The molecule has 1 fully saturated rings. The molecule has 5 heteroatoms. The Balaban J connectivity index is 2.12. The van der Waals surface area contributed by atoms with E-state index in [1.807, 2.05) is 24.3 Å². The normalized spacial score (nSPS) is 21.5. The molecule has 1 aliphatic rings. The van der Waals surface area contributed by atoms with Gasteiger partial charge in [-0.3, -0.25) is 4.79 Å². The van der Waals surface area contributed by atoms with Crippen LogP contribution in [0.25, 0.3) is 0 Å². The number of sulfone groups is 1. The SMILES string of the molecule is CC(C)c1ccccc1NC(=O)C1CCS(=O)(=O)C1. The molecule has 0 saturated carbocycles. The smallest absolute Gasteiger partial charge is 0.228 e. The van der Waals surface area contributed by atoms with Gasteiger partial charge in [0.2, 0.25) is 5.91 Å². The molecule has 1 saturated heterocycles. The van der Waals surface area contributed by atoms with Crippen molar-refractivity contribution in [3.63, 3.8) is 0 Å². The zero-order valence-electron chi connectivity index (χ0n) is 11.2. The number of benzene rings is 1. The third-order valence-electron chi connectivity index (χ3n) is 3.44. The second-order valence-electron chi connectivity index (χ2n) is 5.33. The van der Waals surface area contributed by atoms with Crippen LogP contribution >= 0.6 is 0 Å². The van der Waals surface area contributed by atoms with Crippen LogP contribution in [0.5, 0.6) is 0 Å². The molecule has 0 radical (unpaired) electrons. The highest BCUT2D eigenvalue weighted by atomic mass is 32.2. The fourth-order valence-corrected chi connectivity index (χ4v) is 4.09. The molecule has 104 valence electrons. The predicted molar refractivity (Wildman–Crippen MR) is 75.9 cm³/mol. The number of hydrogen-bond acceptors (Lipinski definition) is 3. The average Bonchev–Trinajstić information content (AvgIpc) is 2.70. The first kappa shape index (κ1) is 14.1. The lowest BCUT2D eigenvalue weighted by Gasteiger charge is -2.15. The summed E-state index contributed by atoms with van der Waals surface area (Å²) < 4.78 is 22.8. The molecule has 1 aliphatic heterocycles. The third-order valence-corrected chi connectivity index (χ3v) is 5.21. The van der Waals surface area contributed by atoms with Crippen LogP contribution in [0.1, 0.15) is 31.7 Å². The van der Waals surface area contributed by atoms with E-state index in [1.165, 1.54) is 0 Å². The van der Waals surface area contributed by atoms with E-state index in [1.54, 1.807) is 0 Å². The summed E-state index contributed by atoms with van der Waals surface area (Å²) in [4.78, 5) is 12.1. The Morgan fingerprint density at radius 3 is 2.58 bits per heavy atom. The van der Waals surface area contributed by atoms with Gasteiger partial charge in [-0.15, -0.1) is 0 Å². The Kier molecular flexibility index (Phi) is 3.94. The third kappa shape index (κ3) is 3.35. The van der Waals surface area contributed by atoms with Gasteiger partial charge >= 0.3 is 0 Å². The molecule has 1 heterocycles. The number of carbonyl (C=O) groups is 1. The number of nitrogens with one attached hydrogen (secondary N) is 1. The standard InChI is InChI=1S/C14H19NO3S/c1-10(2)12-5-3-4-6-13(12)15-14(16)11-7-8-19(17,18)9-11/h3-6,10-11H,7-9H2,1-2H3,(H,15,16). The van der Waals surface area contributed by atoms with Gasteiger partial charge in [-0.2, -0.15) is 0 Å². The van der Waals surface area contributed by atoms with E-state index < -0.39 is 15.8 Å². The molecular formula is C14H19NO3S. The first-order valence-corrected chi connectivity index (χ1v) is 8.31. The summed E-state index contributed by atoms with van der Waals surface area (Å²) in [5.41, 5.74) is 1.85. The molecule has 0 bridgehead atoms. The van der Waals surface area contributed by atoms with Crippen molar-refractivity contribution in [2.75, 3.05) is 16.8 Å². The zero-order chi connectivity index (χ0) is 14.0. The van der Waals surface area contributed by atoms with Gasteiger partial charge in [0.25, 0.3) is 0 Å². The Morgan fingerprint density at radius 2 is 2.00 bits per heavy atom. The minimum absolute atomic E-state index is 0.0251. The first-order valence-electron chi connectivity index (χ1n) is 6.49. The van der Waals surface area contributed by atoms with E-state index in [2.05, 4.69) is 19.2 Å². The maximum absolute atomic E-state index is 12.1. The summed E-state index contributed by atoms with van der Waals surface area (Å²) in [5.74, 6) is -0.192. The van der Waals surface area contributed by atoms with Gasteiger partial charge in [0.15, 0.2) is 9.84 Å². The molecule has 2 rings (SSSR count). The highest BCUT2D eigenvalue weighted by Crippen LogP contribution is 2.26. The lowest BCUT2D eigenvalue weighted by molar-refractivity contribution is -0.119. The van der Waals surface area contributed by atoms with Crippen molar-refractivity contribution in [3.8, 4) is 0 Å². The molecule has 1 amide bonds. The highest BCUT2D eigenvalue weighted by molar-refractivity contribution is 7.91. The Bertz CT molecular complexity index is 578. The van der Waals surface area contributed by atoms with Gasteiger partial charge in [-0.25, -0.2) is 8.42 Å². The molecule has 0 aliphatic carbocycles. The van der Waals surface area contributed by atoms with Crippen molar-refractivity contribution in [2.24, 2.45) is 5.92 Å². The van der Waals surface area contributed by atoms with Crippen LogP contribution in [-0.4, -0.2) is 25.8 Å². The van der Waals surface area contributed by atoms with Crippen LogP contribution in [-0.2, 0) is 14.6 Å². The van der Waals surface area contributed by atoms with Gasteiger partial charge < -0.3 is 5.32 Å². The van der Waals surface area contributed by atoms with Crippen LogP contribution in [0.3, 0.4) is 0 Å². The maximum atomic E-state index is 12.1. The molecule has 1 aromatic rings. The van der Waals surface area contributed by atoms with Crippen LogP contribution in [0.4, 0.5) is 5.69 Å². The lowest BCUT2D eigenvalue weighted by atomic mass is 10.0. The molecule has 4 nitrogen and oxygen atoms in total. The lowest BCUT2D eigenvalue weighted by Crippen LogP contribution is -2.24. The molecule has 0 aromatic heterocycles. The molecular weight excluding hydrogens is 262 g/mol. The first-order chi connectivity index (χ1) is 8.89. The van der Waals surface area contributed by atoms with Crippen molar-refractivity contribution in [1.82, 2.24) is 0 Å². The molecule has 0 spiro atoms. The zero-order valence-corrected chi connectivity index (χ0v) is 12.0. The molecule has 1 aromatic carbocycles. The van der Waals surface area contributed by atoms with Crippen molar-refractivity contribution in [2.45, 2.75) is 26.2 Å². The Morgan fingerprint density at radius 1 is 1.32 bits per heavy atom. The van der Waals surface area contributed by atoms with E-state index in [-0.39, 0.29) is 17.4 Å². The van der Waals surface area contributed by atoms with Crippen LogP contribution < -0.4 is 5.32 Å². The average molecular weight is 281 g/mol. The van der Waals surface area contributed by atoms with Gasteiger partial charge in [-0.1, -0.05) is 32.0 Å². The predicted octanol–water partition coefficient (Wildman–Crippen LogP) is 2.18. The van der Waals surface area contributed by atoms with E-state index in [0.29, 0.717) is 12.3 Å². The summed E-state index contributed by atoms with van der Waals surface area (Å²) >= 11 is 0. The summed E-state index contributed by atoms with van der Waals surface area (Å²) in [6, 6.07) is 7.64. The van der Waals surface area contributed by atoms with E-state index in [4.69, 9.17) is 0 Å². The van der Waals surface area contributed by atoms with Crippen LogP contribution in [0.15, 0.2) is 24.3 Å². The second-order valence-corrected chi connectivity index (χ2v) is 7.56. The minimum Gasteiger partial charge on any atom is -0.326 e. The molecule has 1 atom stereocenters. The van der Waals surface area contributed by atoms with Crippen LogP contribution in [0, 0.1) is 5.92 Å². The van der Waals surface area contributed by atoms with E-state index >= 15 is 0 Å². The van der Waals surface area contributed by atoms with Crippen molar-refractivity contribution < 1.29 is 13.2 Å². The number of para-hydroxylation sites is 1. The topological polar surface area (TPSA) is 63.2 Å². The quantitative estimate of drug-likeness (QED) is 0.923. The highest BCUT2D eigenvalue weighted by Gasteiger charge is 2.33. The Hall–Kier alpha value is -1.36. The van der Waals surface area contributed by atoms with Gasteiger partial charge in [0.05, 0.1) is 17.4 Å². The number of rotatable bonds is 3. The van der Waals surface area contributed by atoms with Crippen molar-refractivity contribution in [1.29, 1.82) is 0 Å². The fourth-order valence-electron chi connectivity index (χ4n) is 2.35. The fraction of sp³-hybridized carbons (Fsp3) is 0.500. The molecule has 19 heavy (non-hydrogen) atoms. The van der Waals surface area contributed by atoms with E-state index in [9.17, 15) is 13.2 Å². The number of amides is 1.